The molecule has 168 valence electrons. The van der Waals surface area contributed by atoms with E-state index in [1.54, 1.807) is 12.1 Å². The van der Waals surface area contributed by atoms with Crippen molar-refractivity contribution in [3.8, 4) is 11.3 Å². The van der Waals surface area contributed by atoms with Crippen LogP contribution in [-0.4, -0.2) is 31.7 Å². The van der Waals surface area contributed by atoms with E-state index in [1.165, 1.54) is 25.7 Å². The van der Waals surface area contributed by atoms with Gasteiger partial charge in [0, 0.05) is 24.3 Å². The Morgan fingerprint density at radius 3 is 2.00 bits per heavy atom. The lowest BCUT2D eigenvalue weighted by atomic mass is 10.1. The molecule has 0 amide bonds. The molecule has 1 aromatic heterocycles. The van der Waals surface area contributed by atoms with Crippen LogP contribution in [0.5, 0.6) is 0 Å². The van der Waals surface area contributed by atoms with Crippen molar-refractivity contribution in [2.75, 3.05) is 22.7 Å². The van der Waals surface area contributed by atoms with Crippen molar-refractivity contribution >= 4 is 21.5 Å². The van der Waals surface area contributed by atoms with E-state index in [-0.39, 0.29) is 0 Å². The summed E-state index contributed by atoms with van der Waals surface area (Å²) < 4.78 is 28.7. The number of hydrogen-bond donors (Lipinski definition) is 1. The molecule has 6 nitrogen and oxygen atoms in total. The number of rotatable bonds is 5. The smallest absolute Gasteiger partial charge is 0.262 e. The van der Waals surface area contributed by atoms with E-state index in [4.69, 9.17) is 0 Å². The molecule has 3 aromatic rings. The van der Waals surface area contributed by atoms with E-state index in [9.17, 15) is 8.42 Å². The van der Waals surface area contributed by atoms with Gasteiger partial charge in [0.1, 0.15) is 0 Å². The molecule has 0 bridgehead atoms. The second-order valence-corrected chi connectivity index (χ2v) is 10.2. The first-order valence-electron chi connectivity index (χ1n) is 11.1. The zero-order chi connectivity index (χ0) is 22.7. The Labute approximate surface area is 190 Å². The maximum Gasteiger partial charge on any atom is 0.262 e. The first-order valence-corrected chi connectivity index (χ1v) is 12.6. The molecule has 1 aliphatic heterocycles. The highest BCUT2D eigenvalue weighted by atomic mass is 32.2. The number of nitrogens with one attached hydrogen (secondary N) is 1. The lowest BCUT2D eigenvalue weighted by molar-refractivity contribution is 0.600. The van der Waals surface area contributed by atoms with Crippen molar-refractivity contribution in [1.29, 1.82) is 0 Å². The Bertz CT molecular complexity index is 1160. The molecular weight excluding hydrogens is 420 g/mol. The zero-order valence-electron chi connectivity index (χ0n) is 18.9. The third kappa shape index (κ3) is 4.93. The molecule has 0 spiro atoms. The van der Waals surface area contributed by atoms with Crippen LogP contribution in [0.4, 0.5) is 11.5 Å². The summed E-state index contributed by atoms with van der Waals surface area (Å²) in [7, 11) is -3.67. The van der Waals surface area contributed by atoms with E-state index < -0.39 is 10.0 Å². The average Bonchev–Trinajstić information content (AvgIpc) is 3.03. The second kappa shape index (κ2) is 9.28. The third-order valence-corrected chi connectivity index (χ3v) is 7.57. The predicted octanol–water partition coefficient (Wildman–Crippen LogP) is 5.25. The number of aryl methyl sites for hydroxylation is 3. The summed E-state index contributed by atoms with van der Waals surface area (Å²) in [6.45, 7) is 7.68. The monoisotopic (exact) mass is 450 g/mol. The van der Waals surface area contributed by atoms with Crippen LogP contribution in [-0.2, 0) is 10.0 Å². The summed E-state index contributed by atoms with van der Waals surface area (Å²) in [4.78, 5) is 2.64. The first kappa shape index (κ1) is 22.3. The van der Waals surface area contributed by atoms with E-state index in [1.807, 2.05) is 57.2 Å². The van der Waals surface area contributed by atoms with Gasteiger partial charge in [0.15, 0.2) is 5.82 Å². The summed E-state index contributed by atoms with van der Waals surface area (Å²) in [5, 5.41) is 8.84. The highest BCUT2D eigenvalue weighted by Gasteiger charge is 2.20. The van der Waals surface area contributed by atoms with Gasteiger partial charge in [-0.05, 0) is 69.0 Å². The molecule has 0 atom stereocenters. The average molecular weight is 451 g/mol. The van der Waals surface area contributed by atoms with Crippen LogP contribution in [0.2, 0.25) is 0 Å². The van der Waals surface area contributed by atoms with Crippen LogP contribution in [0.1, 0.15) is 42.4 Å². The van der Waals surface area contributed by atoms with E-state index in [2.05, 4.69) is 19.8 Å². The van der Waals surface area contributed by atoms with Gasteiger partial charge in [-0.25, -0.2) is 8.42 Å². The number of benzene rings is 2. The molecule has 32 heavy (non-hydrogen) atoms. The fraction of sp³-hybridized carbons (Fsp3) is 0.360. The summed E-state index contributed by atoms with van der Waals surface area (Å²) in [6.07, 6.45) is 4.95. The molecule has 2 aromatic carbocycles. The molecule has 2 heterocycles. The Kier molecular flexibility index (Phi) is 6.46. The largest absolute Gasteiger partial charge is 0.355 e. The van der Waals surface area contributed by atoms with Crippen LogP contribution in [0.25, 0.3) is 11.3 Å². The van der Waals surface area contributed by atoms with Crippen molar-refractivity contribution < 1.29 is 8.42 Å². The highest BCUT2D eigenvalue weighted by molar-refractivity contribution is 7.92. The van der Waals surface area contributed by atoms with E-state index in [0.717, 1.165) is 46.9 Å². The van der Waals surface area contributed by atoms with Crippen LogP contribution < -0.4 is 9.62 Å². The Morgan fingerprint density at radius 2 is 1.44 bits per heavy atom. The van der Waals surface area contributed by atoms with Gasteiger partial charge in [0.25, 0.3) is 10.0 Å². The van der Waals surface area contributed by atoms with E-state index >= 15 is 0 Å². The molecule has 1 fully saturated rings. The van der Waals surface area contributed by atoms with Crippen LogP contribution in [0.3, 0.4) is 0 Å². The second-order valence-electron chi connectivity index (χ2n) is 8.59. The molecule has 0 unspecified atom stereocenters. The van der Waals surface area contributed by atoms with Gasteiger partial charge in [-0.1, -0.05) is 42.7 Å². The molecule has 1 aliphatic rings. The fourth-order valence-electron chi connectivity index (χ4n) is 4.45. The van der Waals surface area contributed by atoms with Crippen molar-refractivity contribution in [3.63, 3.8) is 0 Å². The SMILES string of the molecule is Cc1cc(C)c(S(=O)(=O)Nc2ccc(-c3ccc(N4CCCCCC4)nn3)cc2)c(C)c1. The molecular formula is C25H30N4O2S. The molecule has 0 aliphatic carbocycles. The molecule has 7 heteroatoms. The maximum absolute atomic E-state index is 13.0. The third-order valence-electron chi connectivity index (χ3n) is 5.89. The molecule has 0 radical (unpaired) electrons. The van der Waals surface area contributed by atoms with Crippen molar-refractivity contribution in [1.82, 2.24) is 10.2 Å². The van der Waals surface area contributed by atoms with Crippen molar-refractivity contribution in [2.24, 2.45) is 0 Å². The van der Waals surface area contributed by atoms with Gasteiger partial charge in [-0.2, -0.15) is 0 Å². The predicted molar refractivity (Wildman–Crippen MR) is 130 cm³/mol. The quantitative estimate of drug-likeness (QED) is 0.575. The number of aromatic nitrogens is 2. The summed E-state index contributed by atoms with van der Waals surface area (Å²) in [6, 6.07) is 15.0. The van der Waals surface area contributed by atoms with Gasteiger partial charge < -0.3 is 4.90 Å². The normalized spacial score (nSPS) is 14.8. The van der Waals surface area contributed by atoms with Gasteiger partial charge in [-0.15, -0.1) is 10.2 Å². The summed E-state index contributed by atoms with van der Waals surface area (Å²) in [5.41, 5.74) is 4.71. The lowest BCUT2D eigenvalue weighted by Gasteiger charge is -2.20. The minimum Gasteiger partial charge on any atom is -0.355 e. The Hall–Kier alpha value is -2.93. The minimum absolute atomic E-state index is 0.335. The number of sulfonamides is 1. The highest BCUT2D eigenvalue weighted by Crippen LogP contribution is 2.26. The van der Waals surface area contributed by atoms with E-state index in [0.29, 0.717) is 10.6 Å². The maximum atomic E-state index is 13.0. The van der Waals surface area contributed by atoms with Crippen LogP contribution >= 0.6 is 0 Å². The topological polar surface area (TPSA) is 75.2 Å². The minimum atomic E-state index is -3.67. The van der Waals surface area contributed by atoms with Gasteiger partial charge in [0.05, 0.1) is 10.6 Å². The van der Waals surface area contributed by atoms with Crippen molar-refractivity contribution in [3.05, 3.63) is 65.2 Å². The number of hydrogen-bond acceptors (Lipinski definition) is 5. The van der Waals surface area contributed by atoms with Gasteiger partial charge >= 0.3 is 0 Å². The number of anilines is 2. The van der Waals surface area contributed by atoms with Gasteiger partial charge in [0.2, 0.25) is 0 Å². The van der Waals surface area contributed by atoms with Crippen LogP contribution in [0.15, 0.2) is 53.4 Å². The Balaban J connectivity index is 1.50. The molecule has 4 rings (SSSR count). The standard InChI is InChI=1S/C25H30N4O2S/c1-18-16-19(2)25(20(3)17-18)32(30,31)28-22-10-8-21(9-11-22)23-12-13-24(27-26-23)29-14-6-4-5-7-15-29/h8-13,16-17,28H,4-7,14-15H2,1-3H3. The zero-order valence-corrected chi connectivity index (χ0v) is 19.7. The van der Waals surface area contributed by atoms with Crippen molar-refractivity contribution in [2.45, 2.75) is 51.3 Å². The molecule has 1 saturated heterocycles. The fourth-order valence-corrected chi connectivity index (χ4v) is 5.97. The lowest BCUT2D eigenvalue weighted by Crippen LogP contribution is -2.25. The molecule has 1 N–H and O–H groups in total. The van der Waals surface area contributed by atoms with Gasteiger partial charge in [-0.3, -0.25) is 4.72 Å². The number of nitrogens with zero attached hydrogens (tertiary/aromatic N) is 3. The van der Waals surface area contributed by atoms with Crippen LogP contribution in [0, 0.1) is 20.8 Å². The summed E-state index contributed by atoms with van der Waals surface area (Å²) >= 11 is 0. The summed E-state index contributed by atoms with van der Waals surface area (Å²) in [5.74, 6) is 0.920. The first-order chi connectivity index (χ1) is 15.3. The Morgan fingerprint density at radius 1 is 0.812 bits per heavy atom. The molecule has 0 saturated carbocycles.